The molecule has 0 spiro atoms. The van der Waals surface area contributed by atoms with Gasteiger partial charge in [-0.25, -0.2) is 9.97 Å². The third-order valence-electron chi connectivity index (χ3n) is 3.64. The molecule has 23 heavy (non-hydrogen) atoms. The lowest BCUT2D eigenvalue weighted by Crippen LogP contribution is -2.20. The molecule has 0 radical (unpaired) electrons. The molecule has 0 amide bonds. The van der Waals surface area contributed by atoms with Gasteiger partial charge >= 0.3 is 0 Å². The Bertz CT molecular complexity index is 609. The Balaban J connectivity index is 1.46. The zero-order chi connectivity index (χ0) is 16.1. The summed E-state index contributed by atoms with van der Waals surface area (Å²) in [5.41, 5.74) is 1.03. The van der Waals surface area contributed by atoms with E-state index >= 15 is 0 Å². The van der Waals surface area contributed by atoms with Gasteiger partial charge in [-0.2, -0.15) is 0 Å². The SMILES string of the molecule is Cc1nnc(CN(C)Cc2cnc(NC[C@H]3CCCO3)nc2)o1. The maximum Gasteiger partial charge on any atom is 0.230 e. The molecule has 8 nitrogen and oxygen atoms in total. The van der Waals surface area contributed by atoms with Crippen LogP contribution in [0.1, 0.15) is 30.2 Å². The second-order valence-corrected chi connectivity index (χ2v) is 5.82. The average Bonchev–Trinajstić information content (AvgIpc) is 3.18. The van der Waals surface area contributed by atoms with Crippen molar-refractivity contribution in [2.24, 2.45) is 0 Å². The van der Waals surface area contributed by atoms with Gasteiger partial charge in [0.15, 0.2) is 0 Å². The first-order valence-electron chi connectivity index (χ1n) is 7.83. The molecule has 1 atom stereocenters. The van der Waals surface area contributed by atoms with Crippen LogP contribution in [0.3, 0.4) is 0 Å². The fraction of sp³-hybridized carbons (Fsp3) is 0.600. The van der Waals surface area contributed by atoms with Crippen molar-refractivity contribution in [1.82, 2.24) is 25.1 Å². The van der Waals surface area contributed by atoms with E-state index in [4.69, 9.17) is 9.15 Å². The number of ether oxygens (including phenoxy) is 1. The van der Waals surface area contributed by atoms with Crippen molar-refractivity contribution in [3.8, 4) is 0 Å². The highest BCUT2D eigenvalue weighted by Gasteiger charge is 2.15. The van der Waals surface area contributed by atoms with Crippen LogP contribution < -0.4 is 5.32 Å². The molecule has 0 unspecified atom stereocenters. The first-order valence-corrected chi connectivity index (χ1v) is 7.83. The number of aryl methyl sites for hydroxylation is 1. The highest BCUT2D eigenvalue weighted by Crippen LogP contribution is 2.12. The fourth-order valence-corrected chi connectivity index (χ4v) is 2.54. The number of hydrogen-bond acceptors (Lipinski definition) is 8. The number of rotatable bonds is 7. The topological polar surface area (TPSA) is 89.2 Å². The van der Waals surface area contributed by atoms with Gasteiger partial charge in [0.05, 0.1) is 12.6 Å². The molecule has 1 N–H and O–H groups in total. The molecule has 1 aliphatic rings. The van der Waals surface area contributed by atoms with E-state index in [1.54, 1.807) is 6.92 Å². The number of nitrogens with zero attached hydrogens (tertiary/aromatic N) is 5. The van der Waals surface area contributed by atoms with Crippen LogP contribution in [0.2, 0.25) is 0 Å². The Hall–Kier alpha value is -2.06. The van der Waals surface area contributed by atoms with E-state index in [2.05, 4.69) is 30.4 Å². The van der Waals surface area contributed by atoms with Crippen LogP contribution in [0.25, 0.3) is 0 Å². The maximum atomic E-state index is 5.56. The molecule has 3 rings (SSSR count). The van der Waals surface area contributed by atoms with Gasteiger partial charge in [-0.15, -0.1) is 10.2 Å². The van der Waals surface area contributed by atoms with Gasteiger partial charge in [0, 0.05) is 44.6 Å². The van der Waals surface area contributed by atoms with Gasteiger partial charge in [0.1, 0.15) is 0 Å². The van der Waals surface area contributed by atoms with E-state index in [0.29, 0.717) is 30.8 Å². The first-order chi connectivity index (χ1) is 11.2. The number of hydrogen-bond donors (Lipinski definition) is 1. The van der Waals surface area contributed by atoms with Crippen molar-refractivity contribution >= 4 is 5.95 Å². The number of nitrogens with one attached hydrogen (secondary N) is 1. The standard InChI is InChI=1S/C15H22N6O2/c1-11-19-20-14(23-11)10-21(2)9-12-6-16-15(17-7-12)18-8-13-4-3-5-22-13/h6-7,13H,3-5,8-10H2,1-2H3,(H,16,17,18)/t13-/m1/s1. The molecular formula is C15H22N6O2. The van der Waals surface area contributed by atoms with Crippen molar-refractivity contribution in [2.75, 3.05) is 25.5 Å². The molecule has 1 fully saturated rings. The summed E-state index contributed by atoms with van der Waals surface area (Å²) < 4.78 is 10.9. The van der Waals surface area contributed by atoms with Crippen molar-refractivity contribution in [3.05, 3.63) is 29.7 Å². The Morgan fingerprint density at radius 3 is 2.74 bits per heavy atom. The van der Waals surface area contributed by atoms with Crippen LogP contribution in [0.15, 0.2) is 16.8 Å². The monoisotopic (exact) mass is 318 g/mol. The van der Waals surface area contributed by atoms with Crippen LogP contribution >= 0.6 is 0 Å². The van der Waals surface area contributed by atoms with E-state index < -0.39 is 0 Å². The molecule has 0 aliphatic carbocycles. The molecule has 1 saturated heterocycles. The van der Waals surface area contributed by atoms with Gasteiger partial charge in [0.25, 0.3) is 0 Å². The number of aromatic nitrogens is 4. The normalized spacial score (nSPS) is 17.8. The quantitative estimate of drug-likeness (QED) is 0.819. The smallest absolute Gasteiger partial charge is 0.230 e. The van der Waals surface area contributed by atoms with E-state index in [-0.39, 0.29) is 6.10 Å². The second kappa shape index (κ2) is 7.47. The minimum Gasteiger partial charge on any atom is -0.424 e. The molecule has 124 valence electrons. The van der Waals surface area contributed by atoms with Crippen LogP contribution in [-0.2, 0) is 17.8 Å². The van der Waals surface area contributed by atoms with E-state index in [0.717, 1.165) is 31.6 Å². The summed E-state index contributed by atoms with van der Waals surface area (Å²) in [5, 5.41) is 11.0. The Kier molecular flexibility index (Phi) is 5.14. The summed E-state index contributed by atoms with van der Waals surface area (Å²) >= 11 is 0. The second-order valence-electron chi connectivity index (χ2n) is 5.82. The minimum atomic E-state index is 0.280. The Morgan fingerprint density at radius 1 is 1.26 bits per heavy atom. The Morgan fingerprint density at radius 2 is 2.09 bits per heavy atom. The van der Waals surface area contributed by atoms with Crippen molar-refractivity contribution < 1.29 is 9.15 Å². The highest BCUT2D eigenvalue weighted by molar-refractivity contribution is 5.24. The van der Waals surface area contributed by atoms with E-state index in [1.807, 2.05) is 19.4 Å². The Labute approximate surface area is 135 Å². The molecular weight excluding hydrogens is 296 g/mol. The van der Waals surface area contributed by atoms with Crippen LogP contribution in [0, 0.1) is 6.92 Å². The van der Waals surface area contributed by atoms with Gasteiger partial charge in [-0.3, -0.25) is 4.90 Å². The summed E-state index contributed by atoms with van der Waals surface area (Å²) in [6, 6.07) is 0. The summed E-state index contributed by atoms with van der Waals surface area (Å²) in [6.07, 6.45) is 6.19. The zero-order valence-electron chi connectivity index (χ0n) is 13.5. The van der Waals surface area contributed by atoms with Crippen LogP contribution in [-0.4, -0.2) is 51.4 Å². The predicted octanol–water partition coefficient (Wildman–Crippen LogP) is 1.39. The molecule has 1 aliphatic heterocycles. The summed E-state index contributed by atoms with van der Waals surface area (Å²) in [6.45, 7) is 4.72. The van der Waals surface area contributed by atoms with Gasteiger partial charge in [-0.05, 0) is 19.9 Å². The maximum absolute atomic E-state index is 5.56. The highest BCUT2D eigenvalue weighted by atomic mass is 16.5. The number of anilines is 1. The fourth-order valence-electron chi connectivity index (χ4n) is 2.54. The third kappa shape index (κ3) is 4.70. The lowest BCUT2D eigenvalue weighted by molar-refractivity contribution is 0.120. The molecule has 0 aromatic carbocycles. The molecule has 3 heterocycles. The first kappa shape index (κ1) is 15.8. The molecule has 0 saturated carbocycles. The van der Waals surface area contributed by atoms with E-state index in [9.17, 15) is 0 Å². The lowest BCUT2D eigenvalue weighted by atomic mass is 10.2. The average molecular weight is 318 g/mol. The van der Waals surface area contributed by atoms with Crippen molar-refractivity contribution in [2.45, 2.75) is 39.0 Å². The molecule has 8 heteroatoms. The van der Waals surface area contributed by atoms with Crippen molar-refractivity contribution in [3.63, 3.8) is 0 Å². The third-order valence-corrected chi connectivity index (χ3v) is 3.64. The van der Waals surface area contributed by atoms with E-state index in [1.165, 1.54) is 0 Å². The van der Waals surface area contributed by atoms with Gasteiger partial charge < -0.3 is 14.5 Å². The van der Waals surface area contributed by atoms with Gasteiger partial charge in [0.2, 0.25) is 17.7 Å². The van der Waals surface area contributed by atoms with Crippen molar-refractivity contribution in [1.29, 1.82) is 0 Å². The summed E-state index contributed by atoms with van der Waals surface area (Å²) in [7, 11) is 1.99. The van der Waals surface area contributed by atoms with Gasteiger partial charge in [-0.1, -0.05) is 0 Å². The zero-order valence-corrected chi connectivity index (χ0v) is 13.5. The van der Waals surface area contributed by atoms with Crippen LogP contribution in [0.5, 0.6) is 0 Å². The largest absolute Gasteiger partial charge is 0.424 e. The van der Waals surface area contributed by atoms with Crippen LogP contribution in [0.4, 0.5) is 5.95 Å². The summed E-state index contributed by atoms with van der Waals surface area (Å²) in [4.78, 5) is 10.8. The molecule has 2 aromatic rings. The minimum absolute atomic E-state index is 0.280. The predicted molar refractivity (Wildman–Crippen MR) is 83.7 cm³/mol. The molecule has 2 aromatic heterocycles. The summed E-state index contributed by atoms with van der Waals surface area (Å²) in [5.74, 6) is 1.83. The lowest BCUT2D eigenvalue weighted by Gasteiger charge is -2.14. The molecule has 0 bridgehead atoms.